The van der Waals surface area contributed by atoms with Gasteiger partial charge in [0.25, 0.3) is 5.91 Å². The number of aromatic nitrogens is 1. The van der Waals surface area contributed by atoms with Crippen LogP contribution >= 0.6 is 0 Å². The molecule has 0 atom stereocenters. The van der Waals surface area contributed by atoms with E-state index in [2.05, 4.69) is 15.8 Å². The van der Waals surface area contributed by atoms with Crippen LogP contribution in [0.5, 0.6) is 0 Å². The first-order chi connectivity index (χ1) is 11.1. The lowest BCUT2D eigenvalue weighted by Gasteiger charge is -2.06. The SMILES string of the molecule is O=C(Cc1ccc(F)cc1)NNC(=O)c1cc2ccccc2[nH]1. The lowest BCUT2D eigenvalue weighted by molar-refractivity contribution is -0.121. The Kier molecular flexibility index (Phi) is 4.05. The Balaban J connectivity index is 1.57. The molecule has 0 aliphatic heterocycles. The molecule has 0 saturated carbocycles. The first-order valence-corrected chi connectivity index (χ1v) is 7.03. The van der Waals surface area contributed by atoms with E-state index in [4.69, 9.17) is 0 Å². The zero-order valence-electron chi connectivity index (χ0n) is 12.1. The number of fused-ring (bicyclic) bond motifs is 1. The van der Waals surface area contributed by atoms with E-state index in [9.17, 15) is 14.0 Å². The molecule has 2 aromatic carbocycles. The van der Waals surface area contributed by atoms with Crippen molar-refractivity contribution in [3.63, 3.8) is 0 Å². The Hall–Kier alpha value is -3.15. The van der Waals surface area contributed by atoms with E-state index < -0.39 is 5.91 Å². The minimum Gasteiger partial charge on any atom is -0.350 e. The summed E-state index contributed by atoms with van der Waals surface area (Å²) < 4.78 is 12.8. The zero-order valence-corrected chi connectivity index (χ0v) is 12.1. The fourth-order valence-electron chi connectivity index (χ4n) is 2.22. The van der Waals surface area contributed by atoms with Crippen LogP contribution in [0.2, 0.25) is 0 Å². The number of hydrogen-bond acceptors (Lipinski definition) is 2. The van der Waals surface area contributed by atoms with Gasteiger partial charge in [0, 0.05) is 10.9 Å². The molecule has 2 amide bonds. The molecule has 0 fully saturated rings. The minimum atomic E-state index is -0.436. The van der Waals surface area contributed by atoms with E-state index in [0.29, 0.717) is 11.3 Å². The van der Waals surface area contributed by atoms with Gasteiger partial charge in [-0.15, -0.1) is 0 Å². The third kappa shape index (κ3) is 3.55. The number of hydrogen-bond donors (Lipinski definition) is 3. The third-order valence-electron chi connectivity index (χ3n) is 3.37. The fraction of sp³-hybridized carbons (Fsp3) is 0.0588. The molecule has 1 heterocycles. The molecule has 0 radical (unpaired) electrons. The number of carbonyl (C=O) groups is 2. The second-order valence-electron chi connectivity index (χ2n) is 5.08. The molecular formula is C17H14FN3O2. The van der Waals surface area contributed by atoms with Crippen LogP contribution < -0.4 is 10.9 Å². The number of para-hydroxylation sites is 1. The number of H-pyrrole nitrogens is 1. The van der Waals surface area contributed by atoms with Gasteiger partial charge >= 0.3 is 0 Å². The van der Waals surface area contributed by atoms with Crippen molar-refractivity contribution < 1.29 is 14.0 Å². The van der Waals surface area contributed by atoms with E-state index >= 15 is 0 Å². The molecule has 1 aromatic heterocycles. The summed E-state index contributed by atoms with van der Waals surface area (Å²) in [5, 5.41) is 0.912. The van der Waals surface area contributed by atoms with Crippen molar-refractivity contribution >= 4 is 22.7 Å². The van der Waals surface area contributed by atoms with E-state index in [0.717, 1.165) is 10.9 Å². The van der Waals surface area contributed by atoms with Gasteiger partial charge in [0.05, 0.1) is 6.42 Å². The molecule has 3 rings (SSSR count). The number of carbonyl (C=O) groups excluding carboxylic acids is 2. The number of amides is 2. The van der Waals surface area contributed by atoms with E-state index in [1.165, 1.54) is 24.3 Å². The highest BCUT2D eigenvalue weighted by Crippen LogP contribution is 2.14. The summed E-state index contributed by atoms with van der Waals surface area (Å²) in [7, 11) is 0. The molecule has 0 unspecified atom stereocenters. The first kappa shape index (κ1) is 14.8. The van der Waals surface area contributed by atoms with E-state index in [1.54, 1.807) is 6.07 Å². The maximum absolute atomic E-state index is 12.8. The summed E-state index contributed by atoms with van der Waals surface area (Å²) in [6.07, 6.45) is 0.0489. The van der Waals surface area contributed by atoms with Crippen molar-refractivity contribution in [3.8, 4) is 0 Å². The fourth-order valence-corrected chi connectivity index (χ4v) is 2.22. The minimum absolute atomic E-state index is 0.0489. The van der Waals surface area contributed by atoms with Gasteiger partial charge in [0.2, 0.25) is 5.91 Å². The van der Waals surface area contributed by atoms with Gasteiger partial charge in [-0.2, -0.15) is 0 Å². The van der Waals surface area contributed by atoms with E-state index in [1.807, 2.05) is 24.3 Å². The second kappa shape index (κ2) is 6.31. The summed E-state index contributed by atoms with van der Waals surface area (Å²) in [6, 6.07) is 14.8. The molecule has 0 aliphatic carbocycles. The van der Waals surface area contributed by atoms with Gasteiger partial charge in [0.15, 0.2) is 0 Å². The van der Waals surface area contributed by atoms with Crippen LogP contribution in [0, 0.1) is 5.82 Å². The first-order valence-electron chi connectivity index (χ1n) is 7.03. The van der Waals surface area contributed by atoms with Crippen LogP contribution in [0.4, 0.5) is 4.39 Å². The molecule has 5 nitrogen and oxygen atoms in total. The van der Waals surface area contributed by atoms with Crippen LogP contribution in [-0.4, -0.2) is 16.8 Å². The zero-order chi connectivity index (χ0) is 16.2. The van der Waals surface area contributed by atoms with Crippen molar-refractivity contribution in [1.82, 2.24) is 15.8 Å². The Morgan fingerprint density at radius 3 is 2.48 bits per heavy atom. The van der Waals surface area contributed by atoms with Crippen LogP contribution in [0.25, 0.3) is 10.9 Å². The van der Waals surface area contributed by atoms with Crippen LogP contribution in [0.15, 0.2) is 54.6 Å². The number of halogens is 1. The maximum atomic E-state index is 12.8. The highest BCUT2D eigenvalue weighted by Gasteiger charge is 2.10. The standard InChI is InChI=1S/C17H14FN3O2/c18-13-7-5-11(6-8-13)9-16(22)20-21-17(23)15-10-12-3-1-2-4-14(12)19-15/h1-8,10,19H,9H2,(H,20,22)(H,21,23). The van der Waals surface area contributed by atoms with Gasteiger partial charge in [-0.25, -0.2) is 4.39 Å². The average Bonchev–Trinajstić information content (AvgIpc) is 2.99. The van der Waals surface area contributed by atoms with Crippen LogP contribution in [0.1, 0.15) is 16.1 Å². The van der Waals surface area contributed by atoms with Gasteiger partial charge < -0.3 is 4.98 Å². The molecule has 0 saturated heterocycles. The van der Waals surface area contributed by atoms with Gasteiger partial charge in [-0.3, -0.25) is 20.4 Å². The lowest BCUT2D eigenvalue weighted by Crippen LogP contribution is -2.42. The van der Waals surface area contributed by atoms with Gasteiger partial charge in [-0.05, 0) is 29.8 Å². The number of nitrogens with one attached hydrogen (secondary N) is 3. The smallest absolute Gasteiger partial charge is 0.286 e. The van der Waals surface area contributed by atoms with Crippen molar-refractivity contribution in [2.45, 2.75) is 6.42 Å². The molecule has 0 spiro atoms. The largest absolute Gasteiger partial charge is 0.350 e. The summed E-state index contributed by atoms with van der Waals surface area (Å²) in [5.74, 6) is -1.18. The Morgan fingerprint density at radius 2 is 1.74 bits per heavy atom. The summed E-state index contributed by atoms with van der Waals surface area (Å²) in [5.41, 5.74) is 6.54. The van der Waals surface area contributed by atoms with E-state index in [-0.39, 0.29) is 18.1 Å². The predicted molar refractivity (Wildman–Crippen MR) is 84.0 cm³/mol. The van der Waals surface area contributed by atoms with Crippen molar-refractivity contribution in [2.24, 2.45) is 0 Å². The maximum Gasteiger partial charge on any atom is 0.286 e. The normalized spacial score (nSPS) is 10.5. The highest BCUT2D eigenvalue weighted by molar-refractivity contribution is 5.98. The Morgan fingerprint density at radius 1 is 1.00 bits per heavy atom. The van der Waals surface area contributed by atoms with Crippen molar-refractivity contribution in [1.29, 1.82) is 0 Å². The second-order valence-corrected chi connectivity index (χ2v) is 5.08. The van der Waals surface area contributed by atoms with Crippen molar-refractivity contribution in [3.05, 3.63) is 71.7 Å². The highest BCUT2D eigenvalue weighted by atomic mass is 19.1. The van der Waals surface area contributed by atoms with Crippen LogP contribution in [0.3, 0.4) is 0 Å². The molecule has 0 bridgehead atoms. The summed E-state index contributed by atoms with van der Waals surface area (Å²) in [6.45, 7) is 0. The molecule has 0 aliphatic rings. The average molecular weight is 311 g/mol. The molecule has 3 N–H and O–H groups in total. The summed E-state index contributed by atoms with van der Waals surface area (Å²) in [4.78, 5) is 26.8. The predicted octanol–water partition coefficient (Wildman–Crippen LogP) is 2.31. The van der Waals surface area contributed by atoms with Crippen molar-refractivity contribution in [2.75, 3.05) is 0 Å². The molecule has 116 valence electrons. The lowest BCUT2D eigenvalue weighted by atomic mass is 10.1. The Labute approximate surface area is 131 Å². The van der Waals surface area contributed by atoms with Gasteiger partial charge in [0.1, 0.15) is 11.5 Å². The number of aromatic amines is 1. The number of rotatable bonds is 3. The molecule has 23 heavy (non-hydrogen) atoms. The Bertz CT molecular complexity index is 823. The third-order valence-corrected chi connectivity index (χ3v) is 3.37. The number of hydrazine groups is 1. The van der Waals surface area contributed by atoms with Gasteiger partial charge in [-0.1, -0.05) is 30.3 Å². The topological polar surface area (TPSA) is 74.0 Å². The summed E-state index contributed by atoms with van der Waals surface area (Å²) >= 11 is 0. The van der Waals surface area contributed by atoms with Crippen LogP contribution in [-0.2, 0) is 11.2 Å². The molecule has 3 aromatic rings. The quantitative estimate of drug-likeness (QED) is 0.649. The monoisotopic (exact) mass is 311 g/mol. The molecular weight excluding hydrogens is 297 g/mol. The number of benzene rings is 2. The molecule has 6 heteroatoms.